The maximum absolute atomic E-state index is 5.80. The van der Waals surface area contributed by atoms with E-state index in [4.69, 9.17) is 15.0 Å². The van der Waals surface area contributed by atoms with E-state index in [-0.39, 0.29) is 0 Å². The van der Waals surface area contributed by atoms with E-state index in [0.717, 1.165) is 24.4 Å². The molecule has 0 bridgehead atoms. The minimum absolute atomic E-state index is 0.312. The SMILES string of the molecule is Cc1cc(COC2CCCC2CN)no1. The number of ether oxygens (including phenoxy) is 1. The van der Waals surface area contributed by atoms with Crippen LogP contribution in [0.3, 0.4) is 0 Å². The van der Waals surface area contributed by atoms with Crippen LogP contribution in [0.15, 0.2) is 10.6 Å². The number of rotatable bonds is 4. The molecule has 0 amide bonds. The number of aromatic nitrogens is 1. The van der Waals surface area contributed by atoms with Crippen molar-refractivity contribution in [2.75, 3.05) is 6.54 Å². The van der Waals surface area contributed by atoms with Crippen LogP contribution in [0.25, 0.3) is 0 Å². The molecule has 4 nitrogen and oxygen atoms in total. The summed E-state index contributed by atoms with van der Waals surface area (Å²) in [6.45, 7) is 3.15. The number of hydrogen-bond acceptors (Lipinski definition) is 4. The molecule has 2 N–H and O–H groups in total. The van der Waals surface area contributed by atoms with Crippen molar-refractivity contribution in [3.05, 3.63) is 17.5 Å². The summed E-state index contributed by atoms with van der Waals surface area (Å²) in [6, 6.07) is 1.91. The molecule has 1 aliphatic carbocycles. The zero-order chi connectivity index (χ0) is 10.7. The van der Waals surface area contributed by atoms with Crippen molar-refractivity contribution in [3.8, 4) is 0 Å². The average Bonchev–Trinajstić information content (AvgIpc) is 2.83. The highest BCUT2D eigenvalue weighted by Crippen LogP contribution is 2.27. The molecule has 0 radical (unpaired) electrons. The van der Waals surface area contributed by atoms with Crippen molar-refractivity contribution in [1.29, 1.82) is 0 Å². The molecule has 0 spiro atoms. The van der Waals surface area contributed by atoms with Gasteiger partial charge in [-0.25, -0.2) is 0 Å². The lowest BCUT2D eigenvalue weighted by molar-refractivity contribution is 0.0155. The van der Waals surface area contributed by atoms with Gasteiger partial charge in [-0.05, 0) is 32.2 Å². The second-order valence-electron chi connectivity index (χ2n) is 4.21. The quantitative estimate of drug-likeness (QED) is 0.820. The molecule has 4 heteroatoms. The Balaban J connectivity index is 1.82. The Morgan fingerprint density at radius 1 is 1.60 bits per heavy atom. The third kappa shape index (κ3) is 2.58. The fraction of sp³-hybridized carbons (Fsp3) is 0.727. The smallest absolute Gasteiger partial charge is 0.134 e. The number of nitrogens with two attached hydrogens (primary N) is 1. The van der Waals surface area contributed by atoms with Crippen LogP contribution in [0.2, 0.25) is 0 Å². The Kier molecular flexibility index (Phi) is 3.38. The van der Waals surface area contributed by atoms with Crippen molar-refractivity contribution >= 4 is 0 Å². The van der Waals surface area contributed by atoms with Gasteiger partial charge in [-0.3, -0.25) is 0 Å². The maximum atomic E-state index is 5.80. The van der Waals surface area contributed by atoms with Crippen LogP contribution in [0.5, 0.6) is 0 Å². The first-order valence-corrected chi connectivity index (χ1v) is 5.53. The topological polar surface area (TPSA) is 61.3 Å². The van der Waals surface area contributed by atoms with Gasteiger partial charge in [-0.15, -0.1) is 0 Å². The normalized spacial score (nSPS) is 26.0. The largest absolute Gasteiger partial charge is 0.371 e. The van der Waals surface area contributed by atoms with E-state index in [2.05, 4.69) is 5.16 Å². The van der Waals surface area contributed by atoms with Gasteiger partial charge < -0.3 is 15.0 Å². The van der Waals surface area contributed by atoms with Crippen molar-refractivity contribution in [2.45, 2.75) is 38.9 Å². The average molecular weight is 210 g/mol. The number of hydrogen-bond donors (Lipinski definition) is 1. The van der Waals surface area contributed by atoms with E-state index < -0.39 is 0 Å². The molecule has 1 aromatic rings. The molecule has 1 heterocycles. The molecule has 1 fully saturated rings. The first kappa shape index (κ1) is 10.6. The monoisotopic (exact) mass is 210 g/mol. The van der Waals surface area contributed by atoms with E-state index in [1.54, 1.807) is 0 Å². The Labute approximate surface area is 89.8 Å². The summed E-state index contributed by atoms with van der Waals surface area (Å²) in [5.41, 5.74) is 6.55. The Hall–Kier alpha value is -0.870. The highest BCUT2D eigenvalue weighted by molar-refractivity contribution is 5.02. The predicted molar refractivity (Wildman–Crippen MR) is 56.2 cm³/mol. The molecule has 0 saturated heterocycles. The van der Waals surface area contributed by atoms with Crippen LogP contribution in [0.4, 0.5) is 0 Å². The Morgan fingerprint density at radius 2 is 2.47 bits per heavy atom. The highest BCUT2D eigenvalue weighted by atomic mass is 16.5. The van der Waals surface area contributed by atoms with E-state index in [1.165, 1.54) is 12.8 Å². The Morgan fingerprint density at radius 3 is 3.13 bits per heavy atom. The molecular weight excluding hydrogens is 192 g/mol. The lowest BCUT2D eigenvalue weighted by atomic mass is 10.1. The van der Waals surface area contributed by atoms with Crippen molar-refractivity contribution < 1.29 is 9.26 Å². The summed E-state index contributed by atoms with van der Waals surface area (Å²) >= 11 is 0. The highest BCUT2D eigenvalue weighted by Gasteiger charge is 2.26. The molecule has 1 saturated carbocycles. The third-order valence-corrected chi connectivity index (χ3v) is 3.01. The number of aryl methyl sites for hydroxylation is 1. The van der Waals surface area contributed by atoms with Crippen molar-refractivity contribution in [1.82, 2.24) is 5.16 Å². The summed E-state index contributed by atoms with van der Waals surface area (Å²) in [7, 11) is 0. The van der Waals surface area contributed by atoms with Crippen LogP contribution < -0.4 is 5.73 Å². The van der Waals surface area contributed by atoms with Crippen LogP contribution in [0, 0.1) is 12.8 Å². The van der Waals surface area contributed by atoms with Crippen LogP contribution >= 0.6 is 0 Å². The molecule has 0 aromatic carbocycles. The molecule has 15 heavy (non-hydrogen) atoms. The van der Waals surface area contributed by atoms with Crippen LogP contribution in [0.1, 0.15) is 30.7 Å². The molecule has 2 atom stereocenters. The number of nitrogens with zero attached hydrogens (tertiary/aromatic N) is 1. The van der Waals surface area contributed by atoms with Crippen LogP contribution in [-0.4, -0.2) is 17.8 Å². The second kappa shape index (κ2) is 4.77. The molecule has 1 aromatic heterocycles. The minimum atomic E-state index is 0.312. The molecule has 2 unspecified atom stereocenters. The van der Waals surface area contributed by atoms with Gasteiger partial charge in [-0.2, -0.15) is 0 Å². The standard InChI is InChI=1S/C11H18N2O2/c1-8-5-10(13-15-8)7-14-11-4-2-3-9(11)6-12/h5,9,11H,2-4,6-7,12H2,1H3. The fourth-order valence-corrected chi connectivity index (χ4v) is 2.17. The zero-order valence-electron chi connectivity index (χ0n) is 9.11. The summed E-state index contributed by atoms with van der Waals surface area (Å²) in [6.07, 6.45) is 3.86. The first-order chi connectivity index (χ1) is 7.29. The summed E-state index contributed by atoms with van der Waals surface area (Å²) < 4.78 is 10.8. The lowest BCUT2D eigenvalue weighted by Gasteiger charge is -2.17. The molecule has 1 aliphatic rings. The molecule has 0 aliphatic heterocycles. The summed E-state index contributed by atoms with van der Waals surface area (Å²) in [4.78, 5) is 0. The maximum Gasteiger partial charge on any atom is 0.134 e. The fourth-order valence-electron chi connectivity index (χ4n) is 2.17. The van der Waals surface area contributed by atoms with Gasteiger partial charge in [0.25, 0.3) is 0 Å². The molecular formula is C11H18N2O2. The van der Waals surface area contributed by atoms with E-state index in [0.29, 0.717) is 18.6 Å². The van der Waals surface area contributed by atoms with Gasteiger partial charge in [0.15, 0.2) is 0 Å². The van der Waals surface area contributed by atoms with Gasteiger partial charge in [0, 0.05) is 6.07 Å². The van der Waals surface area contributed by atoms with E-state index in [9.17, 15) is 0 Å². The first-order valence-electron chi connectivity index (χ1n) is 5.53. The zero-order valence-corrected chi connectivity index (χ0v) is 9.11. The van der Waals surface area contributed by atoms with Gasteiger partial charge in [-0.1, -0.05) is 11.6 Å². The van der Waals surface area contributed by atoms with Crippen molar-refractivity contribution in [3.63, 3.8) is 0 Å². The molecule has 2 rings (SSSR count). The summed E-state index contributed by atoms with van der Waals surface area (Å²) in [5, 5.41) is 3.90. The summed E-state index contributed by atoms with van der Waals surface area (Å²) in [5.74, 6) is 1.35. The van der Waals surface area contributed by atoms with E-state index >= 15 is 0 Å². The van der Waals surface area contributed by atoms with Crippen LogP contribution in [-0.2, 0) is 11.3 Å². The van der Waals surface area contributed by atoms with Gasteiger partial charge >= 0.3 is 0 Å². The van der Waals surface area contributed by atoms with Gasteiger partial charge in [0.05, 0.1) is 12.7 Å². The van der Waals surface area contributed by atoms with Gasteiger partial charge in [0.1, 0.15) is 11.5 Å². The third-order valence-electron chi connectivity index (χ3n) is 3.01. The minimum Gasteiger partial charge on any atom is -0.371 e. The Bertz CT molecular complexity index is 311. The molecule has 84 valence electrons. The second-order valence-corrected chi connectivity index (χ2v) is 4.21. The lowest BCUT2D eigenvalue weighted by Crippen LogP contribution is -2.25. The van der Waals surface area contributed by atoms with E-state index in [1.807, 2.05) is 13.0 Å². The van der Waals surface area contributed by atoms with Gasteiger partial charge in [0.2, 0.25) is 0 Å². The van der Waals surface area contributed by atoms with Crippen molar-refractivity contribution in [2.24, 2.45) is 11.7 Å². The predicted octanol–water partition coefficient (Wildman–Crippen LogP) is 1.63.